The van der Waals surface area contributed by atoms with Crippen LogP contribution < -0.4 is 10.6 Å². The molecular weight excluding hydrogens is 264 g/mol. The zero-order chi connectivity index (χ0) is 15.2. The number of hydrogen-bond donors (Lipinski definition) is 2. The van der Waals surface area contributed by atoms with Crippen molar-refractivity contribution in [3.8, 4) is 0 Å². The van der Waals surface area contributed by atoms with E-state index in [2.05, 4.69) is 43.3 Å². The minimum absolute atomic E-state index is 0.326. The van der Waals surface area contributed by atoms with Crippen LogP contribution in [0.25, 0.3) is 0 Å². The lowest BCUT2D eigenvalue weighted by molar-refractivity contribution is 0.0699. The van der Waals surface area contributed by atoms with Crippen molar-refractivity contribution >= 4 is 11.6 Å². The maximum Gasteiger partial charge on any atom is 0.135 e. The summed E-state index contributed by atoms with van der Waals surface area (Å²) in [4.78, 5) is 9.34. The summed E-state index contributed by atoms with van der Waals surface area (Å²) in [7, 11) is 0. The Hall–Kier alpha value is -1.36. The van der Waals surface area contributed by atoms with Gasteiger partial charge in [0.1, 0.15) is 17.5 Å². The molecule has 1 aliphatic heterocycles. The van der Waals surface area contributed by atoms with Crippen molar-refractivity contribution in [3.05, 3.63) is 11.4 Å². The molecule has 0 amide bonds. The average molecular weight is 292 g/mol. The molecule has 21 heavy (non-hydrogen) atoms. The third-order valence-corrected chi connectivity index (χ3v) is 3.92. The van der Waals surface area contributed by atoms with Crippen LogP contribution in [0.5, 0.6) is 0 Å². The van der Waals surface area contributed by atoms with Gasteiger partial charge in [-0.2, -0.15) is 0 Å². The second-order valence-electron chi connectivity index (χ2n) is 6.03. The minimum Gasteiger partial charge on any atom is -0.381 e. The zero-order valence-corrected chi connectivity index (χ0v) is 13.7. The van der Waals surface area contributed by atoms with E-state index in [1.165, 1.54) is 0 Å². The number of aromatic nitrogens is 2. The molecular formula is C16H28N4O. The van der Waals surface area contributed by atoms with Gasteiger partial charge in [-0.05, 0) is 32.6 Å². The van der Waals surface area contributed by atoms with Crippen LogP contribution in [0.3, 0.4) is 0 Å². The fourth-order valence-electron chi connectivity index (χ4n) is 2.50. The Morgan fingerprint density at radius 1 is 1.14 bits per heavy atom. The number of hydrogen-bond acceptors (Lipinski definition) is 5. The van der Waals surface area contributed by atoms with Crippen LogP contribution in [-0.2, 0) is 4.74 Å². The van der Waals surface area contributed by atoms with Gasteiger partial charge in [-0.25, -0.2) is 9.97 Å². The Morgan fingerprint density at radius 2 is 1.76 bits per heavy atom. The highest BCUT2D eigenvalue weighted by atomic mass is 16.5. The van der Waals surface area contributed by atoms with E-state index in [-0.39, 0.29) is 0 Å². The monoisotopic (exact) mass is 292 g/mol. The van der Waals surface area contributed by atoms with Gasteiger partial charge in [0, 0.05) is 37.8 Å². The molecule has 5 nitrogen and oxygen atoms in total. The molecule has 1 fully saturated rings. The molecule has 1 saturated heterocycles. The molecule has 0 spiro atoms. The molecule has 2 heterocycles. The molecule has 0 atom stereocenters. The van der Waals surface area contributed by atoms with Crippen LogP contribution in [0.4, 0.5) is 11.6 Å². The van der Waals surface area contributed by atoms with Crippen LogP contribution in [0.1, 0.15) is 50.9 Å². The van der Waals surface area contributed by atoms with E-state index in [1.54, 1.807) is 0 Å². The molecule has 1 aromatic rings. The number of anilines is 2. The summed E-state index contributed by atoms with van der Waals surface area (Å²) in [5, 5.41) is 6.87. The Kier molecular flexibility index (Phi) is 5.79. The third kappa shape index (κ3) is 4.30. The molecule has 0 bridgehead atoms. The topological polar surface area (TPSA) is 59.1 Å². The Labute approximate surface area is 127 Å². The normalized spacial score (nSPS) is 16.2. The smallest absolute Gasteiger partial charge is 0.135 e. The average Bonchev–Trinajstić information content (AvgIpc) is 2.49. The van der Waals surface area contributed by atoms with Crippen molar-refractivity contribution < 1.29 is 4.74 Å². The predicted octanol–water partition coefficient (Wildman–Crippen LogP) is 3.18. The maximum absolute atomic E-state index is 5.41. The molecule has 0 saturated carbocycles. The summed E-state index contributed by atoms with van der Waals surface area (Å²) in [6.45, 7) is 12.0. The summed E-state index contributed by atoms with van der Waals surface area (Å²) >= 11 is 0. The van der Waals surface area contributed by atoms with Crippen LogP contribution >= 0.6 is 0 Å². The van der Waals surface area contributed by atoms with Crippen LogP contribution in [0, 0.1) is 12.8 Å². The molecule has 0 aromatic carbocycles. The van der Waals surface area contributed by atoms with Gasteiger partial charge in [0.05, 0.1) is 0 Å². The Balaban J connectivity index is 2.12. The summed E-state index contributed by atoms with van der Waals surface area (Å²) < 4.78 is 5.41. The van der Waals surface area contributed by atoms with Gasteiger partial charge in [-0.15, -0.1) is 0 Å². The molecule has 0 radical (unpaired) electrons. The highest BCUT2D eigenvalue weighted by Crippen LogP contribution is 2.24. The summed E-state index contributed by atoms with van der Waals surface area (Å²) in [6, 6.07) is 0. The van der Waals surface area contributed by atoms with E-state index in [9.17, 15) is 0 Å². The first kappa shape index (κ1) is 16.0. The first-order valence-electron chi connectivity index (χ1n) is 8.05. The lowest BCUT2D eigenvalue weighted by Crippen LogP contribution is -2.23. The summed E-state index contributed by atoms with van der Waals surface area (Å²) in [5.74, 6) is 3.82. The Bertz CT molecular complexity index is 456. The van der Waals surface area contributed by atoms with E-state index >= 15 is 0 Å². The Morgan fingerprint density at radius 3 is 2.33 bits per heavy atom. The second-order valence-corrected chi connectivity index (χ2v) is 6.03. The fraction of sp³-hybridized carbons (Fsp3) is 0.750. The molecule has 5 heteroatoms. The van der Waals surface area contributed by atoms with Crippen molar-refractivity contribution in [1.29, 1.82) is 0 Å². The molecule has 1 aromatic heterocycles. The molecule has 0 unspecified atom stereocenters. The van der Waals surface area contributed by atoms with Crippen molar-refractivity contribution in [3.63, 3.8) is 0 Å². The zero-order valence-electron chi connectivity index (χ0n) is 13.7. The van der Waals surface area contributed by atoms with E-state index in [1.807, 2.05) is 0 Å². The van der Waals surface area contributed by atoms with Gasteiger partial charge in [0.15, 0.2) is 0 Å². The largest absolute Gasteiger partial charge is 0.381 e. The van der Waals surface area contributed by atoms with Crippen molar-refractivity contribution in [2.24, 2.45) is 5.92 Å². The fourth-order valence-corrected chi connectivity index (χ4v) is 2.50. The van der Waals surface area contributed by atoms with Crippen LogP contribution in [-0.4, -0.2) is 36.3 Å². The van der Waals surface area contributed by atoms with Crippen molar-refractivity contribution in [1.82, 2.24) is 9.97 Å². The van der Waals surface area contributed by atoms with Gasteiger partial charge >= 0.3 is 0 Å². The molecule has 1 aliphatic rings. The highest BCUT2D eigenvalue weighted by Gasteiger charge is 2.16. The van der Waals surface area contributed by atoms with Crippen LogP contribution in [0.2, 0.25) is 0 Å². The molecule has 2 rings (SSSR count). The SMILES string of the molecule is CCNc1nc(C(C)C)nc(NCC2CCOCC2)c1C. The van der Waals surface area contributed by atoms with Gasteiger partial charge in [0.2, 0.25) is 0 Å². The lowest BCUT2D eigenvalue weighted by Gasteiger charge is -2.23. The highest BCUT2D eigenvalue weighted by molar-refractivity contribution is 5.57. The standard InChI is InChI=1S/C16H28N4O/c1-5-17-15-12(4)16(20-14(19-15)11(2)3)18-10-13-6-8-21-9-7-13/h11,13H,5-10H2,1-4H3,(H2,17,18,19,20). The van der Waals surface area contributed by atoms with E-state index in [0.29, 0.717) is 11.8 Å². The first-order chi connectivity index (χ1) is 10.1. The van der Waals surface area contributed by atoms with Gasteiger partial charge in [0.25, 0.3) is 0 Å². The number of ether oxygens (including phenoxy) is 1. The van der Waals surface area contributed by atoms with Crippen LogP contribution in [0.15, 0.2) is 0 Å². The van der Waals surface area contributed by atoms with E-state index in [0.717, 1.165) is 62.2 Å². The summed E-state index contributed by atoms with van der Waals surface area (Å²) in [5.41, 5.74) is 1.10. The van der Waals surface area contributed by atoms with Gasteiger partial charge < -0.3 is 15.4 Å². The lowest BCUT2D eigenvalue weighted by atomic mass is 10.0. The second kappa shape index (κ2) is 7.59. The minimum atomic E-state index is 0.326. The molecule has 2 N–H and O–H groups in total. The number of nitrogens with one attached hydrogen (secondary N) is 2. The number of rotatable bonds is 6. The molecule has 118 valence electrons. The van der Waals surface area contributed by atoms with Gasteiger partial charge in [-0.1, -0.05) is 13.8 Å². The number of nitrogens with zero attached hydrogens (tertiary/aromatic N) is 2. The third-order valence-electron chi connectivity index (χ3n) is 3.92. The van der Waals surface area contributed by atoms with E-state index < -0.39 is 0 Å². The van der Waals surface area contributed by atoms with Crippen molar-refractivity contribution in [2.75, 3.05) is 36.9 Å². The predicted molar refractivity (Wildman–Crippen MR) is 87.1 cm³/mol. The van der Waals surface area contributed by atoms with E-state index in [4.69, 9.17) is 9.72 Å². The first-order valence-corrected chi connectivity index (χ1v) is 8.05. The maximum atomic E-state index is 5.41. The van der Waals surface area contributed by atoms with Crippen molar-refractivity contribution in [2.45, 2.75) is 46.5 Å². The molecule has 0 aliphatic carbocycles. The summed E-state index contributed by atoms with van der Waals surface area (Å²) in [6.07, 6.45) is 2.27. The van der Waals surface area contributed by atoms with Gasteiger partial charge in [-0.3, -0.25) is 0 Å². The quantitative estimate of drug-likeness (QED) is 0.843.